The number of nitrogens with zero attached hydrogens (tertiary/aromatic N) is 1. The molecule has 0 bridgehead atoms. The van der Waals surface area contributed by atoms with E-state index in [1.165, 1.54) is 36.9 Å². The molecule has 2 nitrogen and oxygen atoms in total. The second-order valence-corrected chi connectivity index (χ2v) is 6.47. The van der Waals surface area contributed by atoms with E-state index in [1.807, 2.05) is 6.07 Å². The third-order valence-corrected chi connectivity index (χ3v) is 4.75. The predicted octanol–water partition coefficient (Wildman–Crippen LogP) is 4.46. The van der Waals surface area contributed by atoms with Crippen molar-refractivity contribution in [3.63, 3.8) is 0 Å². The van der Waals surface area contributed by atoms with Gasteiger partial charge in [0.05, 0.1) is 10.7 Å². The maximum Gasteiger partial charge on any atom is 0.0642 e. The van der Waals surface area contributed by atoms with Gasteiger partial charge in [-0.2, -0.15) is 0 Å². The molecule has 0 aliphatic heterocycles. The third kappa shape index (κ3) is 3.67. The molecule has 2 rings (SSSR count). The van der Waals surface area contributed by atoms with Crippen LogP contribution in [-0.4, -0.2) is 19.6 Å². The molecule has 2 atom stereocenters. The maximum atomic E-state index is 6.49. The number of nitrogens with one attached hydrogen (secondary N) is 1. The highest BCUT2D eigenvalue weighted by Gasteiger charge is 2.24. The van der Waals surface area contributed by atoms with E-state index in [9.17, 15) is 0 Å². The van der Waals surface area contributed by atoms with Crippen LogP contribution < -0.4 is 10.2 Å². The Kier molecular flexibility index (Phi) is 5.74. The quantitative estimate of drug-likeness (QED) is 0.862. The van der Waals surface area contributed by atoms with E-state index in [-0.39, 0.29) is 0 Å². The van der Waals surface area contributed by atoms with Crippen molar-refractivity contribution in [1.29, 1.82) is 0 Å². The molecule has 1 aromatic rings. The van der Waals surface area contributed by atoms with Crippen LogP contribution in [0.3, 0.4) is 0 Å². The molecule has 112 valence electrons. The van der Waals surface area contributed by atoms with Gasteiger partial charge in [-0.1, -0.05) is 50.4 Å². The lowest BCUT2D eigenvalue weighted by atomic mass is 9.86. The van der Waals surface area contributed by atoms with Crippen LogP contribution >= 0.6 is 11.6 Å². The fourth-order valence-electron chi connectivity index (χ4n) is 3.29. The van der Waals surface area contributed by atoms with Gasteiger partial charge in [-0.05, 0) is 36.9 Å². The number of halogens is 1. The number of para-hydroxylation sites is 1. The van der Waals surface area contributed by atoms with Gasteiger partial charge in [-0.25, -0.2) is 0 Å². The Morgan fingerprint density at radius 2 is 2.15 bits per heavy atom. The van der Waals surface area contributed by atoms with E-state index in [0.717, 1.165) is 24.0 Å². The standard InChI is InChI=1S/C17H27ClN2/c1-4-19-12-14-8-6-10-16(18)17(14)20(3)15-9-5-7-13(2)11-15/h6,8,10,13,15,19H,4-5,7,9,11-12H2,1-3H3. The lowest BCUT2D eigenvalue weighted by molar-refractivity contribution is 0.336. The van der Waals surface area contributed by atoms with Gasteiger partial charge < -0.3 is 10.2 Å². The van der Waals surface area contributed by atoms with Crippen molar-refractivity contribution in [3.05, 3.63) is 28.8 Å². The molecule has 1 N–H and O–H groups in total. The van der Waals surface area contributed by atoms with Gasteiger partial charge in [0.25, 0.3) is 0 Å². The average Bonchev–Trinajstić information content (AvgIpc) is 2.44. The molecule has 0 saturated heterocycles. The maximum absolute atomic E-state index is 6.49. The molecule has 1 aliphatic rings. The summed E-state index contributed by atoms with van der Waals surface area (Å²) in [5, 5.41) is 4.29. The van der Waals surface area contributed by atoms with Crippen molar-refractivity contribution in [2.75, 3.05) is 18.5 Å². The number of rotatable bonds is 5. The first-order chi connectivity index (χ1) is 9.63. The Labute approximate surface area is 128 Å². The molecule has 0 radical (unpaired) electrons. The fourth-order valence-corrected chi connectivity index (χ4v) is 3.62. The van der Waals surface area contributed by atoms with E-state index in [2.05, 4.69) is 43.2 Å². The average molecular weight is 295 g/mol. The largest absolute Gasteiger partial charge is 0.370 e. The SMILES string of the molecule is CCNCc1cccc(Cl)c1N(C)C1CCCC(C)C1. The summed E-state index contributed by atoms with van der Waals surface area (Å²) in [6, 6.07) is 6.87. The van der Waals surface area contributed by atoms with E-state index in [1.54, 1.807) is 0 Å². The fraction of sp³-hybridized carbons (Fsp3) is 0.647. The Hall–Kier alpha value is -0.730. The van der Waals surface area contributed by atoms with Crippen LogP contribution in [0.1, 0.15) is 45.1 Å². The second-order valence-electron chi connectivity index (χ2n) is 6.06. The first kappa shape index (κ1) is 15.7. The number of benzene rings is 1. The van der Waals surface area contributed by atoms with E-state index < -0.39 is 0 Å². The summed E-state index contributed by atoms with van der Waals surface area (Å²) in [5.74, 6) is 0.830. The van der Waals surface area contributed by atoms with Crippen molar-refractivity contribution in [1.82, 2.24) is 5.32 Å². The minimum atomic E-state index is 0.624. The molecule has 2 unspecified atom stereocenters. The molecule has 0 heterocycles. The zero-order chi connectivity index (χ0) is 14.5. The van der Waals surface area contributed by atoms with Crippen LogP contribution in [0.25, 0.3) is 0 Å². The van der Waals surface area contributed by atoms with Gasteiger partial charge in [-0.3, -0.25) is 0 Å². The highest BCUT2D eigenvalue weighted by Crippen LogP contribution is 2.35. The van der Waals surface area contributed by atoms with Gasteiger partial charge in [0.15, 0.2) is 0 Å². The first-order valence-corrected chi connectivity index (χ1v) is 8.22. The highest BCUT2D eigenvalue weighted by atomic mass is 35.5. The number of hydrogen-bond acceptors (Lipinski definition) is 2. The van der Waals surface area contributed by atoms with Crippen LogP contribution in [0, 0.1) is 5.92 Å². The van der Waals surface area contributed by atoms with Gasteiger partial charge in [0.1, 0.15) is 0 Å². The summed E-state index contributed by atoms with van der Waals surface area (Å²) in [4.78, 5) is 2.42. The molecule has 0 amide bonds. The van der Waals surface area contributed by atoms with Gasteiger partial charge in [0, 0.05) is 19.6 Å². The minimum Gasteiger partial charge on any atom is -0.370 e. The van der Waals surface area contributed by atoms with Crippen molar-refractivity contribution in [2.24, 2.45) is 5.92 Å². The van der Waals surface area contributed by atoms with Crippen LogP contribution in [0.2, 0.25) is 5.02 Å². The molecule has 1 aliphatic carbocycles. The topological polar surface area (TPSA) is 15.3 Å². The van der Waals surface area contributed by atoms with Crippen molar-refractivity contribution >= 4 is 17.3 Å². The van der Waals surface area contributed by atoms with Gasteiger partial charge >= 0.3 is 0 Å². The lowest BCUT2D eigenvalue weighted by Crippen LogP contribution is -2.36. The van der Waals surface area contributed by atoms with E-state index >= 15 is 0 Å². The van der Waals surface area contributed by atoms with Crippen molar-refractivity contribution in [3.8, 4) is 0 Å². The van der Waals surface area contributed by atoms with Crippen LogP contribution in [0.5, 0.6) is 0 Å². The summed E-state index contributed by atoms with van der Waals surface area (Å²) in [6.07, 6.45) is 5.27. The van der Waals surface area contributed by atoms with Crippen LogP contribution in [0.15, 0.2) is 18.2 Å². The molecule has 1 fully saturated rings. The minimum absolute atomic E-state index is 0.624. The van der Waals surface area contributed by atoms with Gasteiger partial charge in [0.2, 0.25) is 0 Å². The zero-order valence-corrected chi connectivity index (χ0v) is 13.7. The second kappa shape index (κ2) is 7.33. The van der Waals surface area contributed by atoms with Crippen LogP contribution in [-0.2, 0) is 6.54 Å². The summed E-state index contributed by atoms with van der Waals surface area (Å²) in [5.41, 5.74) is 2.52. The first-order valence-electron chi connectivity index (χ1n) is 7.84. The Morgan fingerprint density at radius 1 is 1.35 bits per heavy atom. The molecule has 3 heteroatoms. The molecular formula is C17H27ClN2. The molecular weight excluding hydrogens is 268 g/mol. The normalized spacial score (nSPS) is 22.8. The van der Waals surface area contributed by atoms with Crippen LogP contribution in [0.4, 0.5) is 5.69 Å². The Bertz CT molecular complexity index is 433. The number of anilines is 1. The van der Waals surface area contributed by atoms with E-state index in [0.29, 0.717) is 6.04 Å². The number of hydrogen-bond donors (Lipinski definition) is 1. The Morgan fingerprint density at radius 3 is 2.85 bits per heavy atom. The van der Waals surface area contributed by atoms with Gasteiger partial charge in [-0.15, -0.1) is 0 Å². The summed E-state index contributed by atoms with van der Waals surface area (Å²) in [7, 11) is 2.21. The zero-order valence-electron chi connectivity index (χ0n) is 13.0. The highest BCUT2D eigenvalue weighted by molar-refractivity contribution is 6.33. The predicted molar refractivity (Wildman–Crippen MR) is 88.7 cm³/mol. The molecule has 20 heavy (non-hydrogen) atoms. The monoisotopic (exact) mass is 294 g/mol. The molecule has 0 aromatic heterocycles. The van der Waals surface area contributed by atoms with Crippen molar-refractivity contribution in [2.45, 2.75) is 52.1 Å². The molecule has 0 spiro atoms. The third-order valence-electron chi connectivity index (χ3n) is 4.44. The summed E-state index contributed by atoms with van der Waals surface area (Å²) in [6.45, 7) is 6.37. The smallest absolute Gasteiger partial charge is 0.0642 e. The van der Waals surface area contributed by atoms with Crippen molar-refractivity contribution < 1.29 is 0 Å². The molecule has 1 aromatic carbocycles. The summed E-state index contributed by atoms with van der Waals surface area (Å²) >= 11 is 6.49. The lowest BCUT2D eigenvalue weighted by Gasteiger charge is -2.37. The van der Waals surface area contributed by atoms with E-state index in [4.69, 9.17) is 11.6 Å². The molecule has 1 saturated carbocycles. The Balaban J connectivity index is 2.21. The summed E-state index contributed by atoms with van der Waals surface area (Å²) < 4.78 is 0.